The number of carbonyl (C=O) groups is 1. The van der Waals surface area contributed by atoms with E-state index in [1.807, 2.05) is 62.5 Å². The number of para-hydroxylation sites is 1. The number of pyridine rings is 1. The topological polar surface area (TPSA) is 69.0 Å². The highest BCUT2D eigenvalue weighted by Crippen LogP contribution is 2.17. The number of nitrogens with zero attached hydrogens (tertiary/aromatic N) is 3. The van der Waals surface area contributed by atoms with E-state index < -0.39 is 0 Å². The Morgan fingerprint density at radius 1 is 1.16 bits per heavy atom. The van der Waals surface area contributed by atoms with E-state index in [0.717, 1.165) is 28.4 Å². The lowest BCUT2D eigenvalue weighted by Gasteiger charge is -2.09. The lowest BCUT2D eigenvalue weighted by molar-refractivity contribution is -0.123. The second kappa shape index (κ2) is 7.61. The van der Waals surface area contributed by atoms with Gasteiger partial charge in [-0.3, -0.25) is 14.5 Å². The van der Waals surface area contributed by atoms with Crippen molar-refractivity contribution in [2.75, 3.05) is 6.61 Å². The minimum absolute atomic E-state index is 0.0181. The Kier molecular flexibility index (Phi) is 5.09. The van der Waals surface area contributed by atoms with Gasteiger partial charge in [0.05, 0.1) is 17.9 Å². The monoisotopic (exact) mass is 336 g/mol. The summed E-state index contributed by atoms with van der Waals surface area (Å²) in [5.41, 5.74) is 3.48. The van der Waals surface area contributed by atoms with E-state index >= 15 is 0 Å². The Bertz CT molecular complexity index is 859. The summed E-state index contributed by atoms with van der Waals surface area (Å²) < 4.78 is 7.29. The number of hydrogen-bond donors (Lipinski definition) is 1. The normalized spacial score (nSPS) is 10.5. The number of carbonyl (C=O) groups excluding carboxylic acids is 1. The third kappa shape index (κ3) is 4.23. The van der Waals surface area contributed by atoms with Crippen LogP contribution in [0.1, 0.15) is 11.3 Å². The van der Waals surface area contributed by atoms with Crippen LogP contribution >= 0.6 is 0 Å². The Labute approximate surface area is 146 Å². The summed E-state index contributed by atoms with van der Waals surface area (Å²) in [7, 11) is 1.84. The summed E-state index contributed by atoms with van der Waals surface area (Å²) in [4.78, 5) is 16.3. The van der Waals surface area contributed by atoms with Gasteiger partial charge in [-0.2, -0.15) is 5.10 Å². The maximum Gasteiger partial charge on any atom is 0.258 e. The Balaban J connectivity index is 1.56. The van der Waals surface area contributed by atoms with E-state index in [-0.39, 0.29) is 12.5 Å². The molecule has 2 aromatic heterocycles. The maximum absolute atomic E-state index is 12.0. The highest BCUT2D eigenvalue weighted by Gasteiger charge is 2.10. The molecule has 0 atom stereocenters. The van der Waals surface area contributed by atoms with Crippen molar-refractivity contribution < 1.29 is 9.53 Å². The van der Waals surface area contributed by atoms with E-state index in [1.54, 1.807) is 10.9 Å². The average Bonchev–Trinajstić information content (AvgIpc) is 3.01. The van der Waals surface area contributed by atoms with Gasteiger partial charge < -0.3 is 10.1 Å². The van der Waals surface area contributed by atoms with Crippen molar-refractivity contribution >= 4 is 5.91 Å². The van der Waals surface area contributed by atoms with Crippen molar-refractivity contribution in [3.63, 3.8) is 0 Å². The first kappa shape index (κ1) is 16.7. The molecule has 0 saturated heterocycles. The molecule has 25 heavy (non-hydrogen) atoms. The molecule has 2 heterocycles. The van der Waals surface area contributed by atoms with Crippen LogP contribution in [-0.2, 0) is 18.4 Å². The van der Waals surface area contributed by atoms with Crippen molar-refractivity contribution in [1.29, 1.82) is 0 Å². The highest BCUT2D eigenvalue weighted by atomic mass is 16.5. The van der Waals surface area contributed by atoms with E-state index in [0.29, 0.717) is 6.54 Å². The minimum Gasteiger partial charge on any atom is -0.484 e. The van der Waals surface area contributed by atoms with Crippen molar-refractivity contribution in [2.45, 2.75) is 13.5 Å². The van der Waals surface area contributed by atoms with Crippen LogP contribution in [0.4, 0.5) is 0 Å². The molecule has 0 saturated carbocycles. The molecule has 0 aliphatic rings. The predicted octanol–water partition coefficient (Wildman–Crippen LogP) is 2.49. The molecule has 3 aromatic rings. The fraction of sp³-hybridized carbons (Fsp3) is 0.211. The zero-order valence-electron chi connectivity index (χ0n) is 14.3. The van der Waals surface area contributed by atoms with Crippen LogP contribution < -0.4 is 10.1 Å². The molecule has 128 valence electrons. The Morgan fingerprint density at radius 2 is 1.96 bits per heavy atom. The zero-order chi connectivity index (χ0) is 17.6. The van der Waals surface area contributed by atoms with Gasteiger partial charge in [0.15, 0.2) is 6.61 Å². The van der Waals surface area contributed by atoms with E-state index in [4.69, 9.17) is 4.74 Å². The number of amides is 1. The van der Waals surface area contributed by atoms with E-state index in [9.17, 15) is 4.79 Å². The van der Waals surface area contributed by atoms with Gasteiger partial charge >= 0.3 is 0 Å². The summed E-state index contributed by atoms with van der Waals surface area (Å²) >= 11 is 0. The summed E-state index contributed by atoms with van der Waals surface area (Å²) in [5.74, 6) is 0.541. The Morgan fingerprint density at radius 3 is 2.72 bits per heavy atom. The molecule has 6 heteroatoms. The lowest BCUT2D eigenvalue weighted by Crippen LogP contribution is -2.29. The van der Waals surface area contributed by atoms with Crippen LogP contribution in [-0.4, -0.2) is 27.3 Å². The van der Waals surface area contributed by atoms with Gasteiger partial charge in [0.1, 0.15) is 11.4 Å². The minimum atomic E-state index is -0.177. The van der Waals surface area contributed by atoms with Gasteiger partial charge in [-0.1, -0.05) is 24.3 Å². The number of ether oxygens (including phenoxy) is 1. The second-order valence-corrected chi connectivity index (χ2v) is 5.69. The van der Waals surface area contributed by atoms with Crippen LogP contribution in [0.15, 0.2) is 54.7 Å². The van der Waals surface area contributed by atoms with Crippen molar-refractivity contribution in [3.05, 3.63) is 66.0 Å². The first-order valence-electron chi connectivity index (χ1n) is 8.03. The van der Waals surface area contributed by atoms with Gasteiger partial charge in [-0.05, 0) is 36.8 Å². The second-order valence-electron chi connectivity index (χ2n) is 5.69. The van der Waals surface area contributed by atoms with E-state index in [2.05, 4.69) is 15.4 Å². The number of aryl methyl sites for hydroxylation is 2. The number of aromatic nitrogens is 3. The molecular formula is C19H20N4O2. The maximum atomic E-state index is 12.0. The SMILES string of the molecule is Cc1ccccc1OCC(=O)NCc1cc(-c2ccccn2)nn1C. The van der Waals surface area contributed by atoms with Gasteiger partial charge in [0, 0.05) is 13.2 Å². The fourth-order valence-electron chi connectivity index (χ4n) is 2.41. The number of nitrogens with one attached hydrogen (secondary N) is 1. The summed E-state index contributed by atoms with van der Waals surface area (Å²) in [6.45, 7) is 2.31. The first-order chi connectivity index (χ1) is 12.1. The van der Waals surface area contributed by atoms with Gasteiger partial charge in [-0.25, -0.2) is 0 Å². The lowest BCUT2D eigenvalue weighted by atomic mass is 10.2. The molecular weight excluding hydrogens is 316 g/mol. The summed E-state index contributed by atoms with van der Waals surface area (Å²) in [6, 6.07) is 15.2. The fourth-order valence-corrected chi connectivity index (χ4v) is 2.41. The number of benzene rings is 1. The number of rotatable bonds is 6. The quantitative estimate of drug-likeness (QED) is 0.751. The molecule has 0 bridgehead atoms. The zero-order valence-corrected chi connectivity index (χ0v) is 14.3. The molecule has 0 fully saturated rings. The molecule has 1 N–H and O–H groups in total. The predicted molar refractivity (Wildman–Crippen MR) is 95.0 cm³/mol. The molecule has 1 amide bonds. The molecule has 0 unspecified atom stereocenters. The molecule has 0 spiro atoms. The van der Waals surface area contributed by atoms with Gasteiger partial charge in [0.2, 0.25) is 0 Å². The highest BCUT2D eigenvalue weighted by molar-refractivity contribution is 5.77. The third-order valence-corrected chi connectivity index (χ3v) is 3.82. The van der Waals surface area contributed by atoms with Crippen LogP contribution in [0.2, 0.25) is 0 Å². The standard InChI is InChI=1S/C19H20N4O2/c1-14-7-3-4-9-18(14)25-13-19(24)21-12-15-11-17(22-23(15)2)16-8-5-6-10-20-16/h3-11H,12-13H2,1-2H3,(H,21,24). The van der Waals surface area contributed by atoms with Gasteiger partial charge in [-0.15, -0.1) is 0 Å². The molecule has 0 radical (unpaired) electrons. The summed E-state index contributed by atoms with van der Waals surface area (Å²) in [5, 5.41) is 7.28. The smallest absolute Gasteiger partial charge is 0.258 e. The largest absolute Gasteiger partial charge is 0.484 e. The van der Waals surface area contributed by atoms with Crippen molar-refractivity contribution in [1.82, 2.24) is 20.1 Å². The van der Waals surface area contributed by atoms with Gasteiger partial charge in [0.25, 0.3) is 5.91 Å². The van der Waals surface area contributed by atoms with Crippen LogP contribution in [0.25, 0.3) is 11.4 Å². The van der Waals surface area contributed by atoms with Crippen LogP contribution in [0.3, 0.4) is 0 Å². The molecule has 3 rings (SSSR count). The Hall–Kier alpha value is -3.15. The first-order valence-corrected chi connectivity index (χ1v) is 8.03. The number of hydrogen-bond acceptors (Lipinski definition) is 4. The third-order valence-electron chi connectivity index (χ3n) is 3.82. The van der Waals surface area contributed by atoms with Crippen molar-refractivity contribution in [2.24, 2.45) is 7.05 Å². The molecule has 0 aliphatic heterocycles. The molecule has 0 aliphatic carbocycles. The average molecular weight is 336 g/mol. The van der Waals surface area contributed by atoms with Crippen LogP contribution in [0.5, 0.6) is 5.75 Å². The molecule has 6 nitrogen and oxygen atoms in total. The van der Waals surface area contributed by atoms with E-state index in [1.165, 1.54) is 0 Å². The molecule has 1 aromatic carbocycles. The van der Waals surface area contributed by atoms with Crippen molar-refractivity contribution in [3.8, 4) is 17.1 Å². The van der Waals surface area contributed by atoms with Crippen LogP contribution in [0, 0.1) is 6.92 Å². The summed E-state index contributed by atoms with van der Waals surface area (Å²) in [6.07, 6.45) is 1.73.